The minimum Gasteiger partial charge on any atom is -0.497 e. The molecule has 30 heavy (non-hydrogen) atoms. The summed E-state index contributed by atoms with van der Waals surface area (Å²) in [6, 6.07) is 21.8. The molecule has 0 spiro atoms. The molecule has 152 valence electrons. The van der Waals surface area contributed by atoms with Crippen LogP contribution in [0, 0.1) is 0 Å². The Bertz CT molecular complexity index is 1070. The Labute approximate surface area is 175 Å². The lowest BCUT2D eigenvalue weighted by Gasteiger charge is -2.30. The average Bonchev–Trinajstić information content (AvgIpc) is 2.78. The Morgan fingerprint density at radius 1 is 0.900 bits per heavy atom. The maximum atomic E-state index is 12.9. The molecule has 0 aliphatic carbocycles. The van der Waals surface area contributed by atoms with E-state index < -0.39 is 0 Å². The molecule has 2 N–H and O–H groups in total. The molecule has 0 bridgehead atoms. The van der Waals surface area contributed by atoms with Crippen LogP contribution in [-0.4, -0.2) is 25.6 Å². The zero-order chi connectivity index (χ0) is 20.9. The van der Waals surface area contributed by atoms with E-state index in [1.807, 2.05) is 65.6 Å². The number of nitrogens with zero attached hydrogens (tertiary/aromatic N) is 1. The molecule has 1 aliphatic heterocycles. The van der Waals surface area contributed by atoms with Crippen molar-refractivity contribution in [3.05, 3.63) is 83.9 Å². The first-order chi connectivity index (χ1) is 14.6. The maximum absolute atomic E-state index is 12.9. The SMILES string of the molecule is COc1cccc(NC(=O)Nc2ccc3c(c2)CCCN3C(=O)c2ccccc2)c1. The Kier molecular flexibility index (Phi) is 5.66. The minimum absolute atomic E-state index is 0.00646. The smallest absolute Gasteiger partial charge is 0.323 e. The number of amides is 3. The molecule has 0 fully saturated rings. The van der Waals surface area contributed by atoms with Crippen LogP contribution in [0.1, 0.15) is 22.3 Å². The number of rotatable bonds is 4. The second-order valence-corrected chi connectivity index (χ2v) is 7.08. The highest BCUT2D eigenvalue weighted by atomic mass is 16.5. The standard InChI is InChI=1S/C24H23N3O3/c1-30-21-11-5-10-19(16-21)25-24(29)26-20-12-13-22-18(15-20)9-6-14-27(22)23(28)17-7-3-2-4-8-17/h2-5,7-8,10-13,15-16H,6,9,14H2,1H3,(H2,25,26,29). The van der Waals surface area contributed by atoms with Gasteiger partial charge in [-0.25, -0.2) is 4.79 Å². The normalized spacial score (nSPS) is 12.6. The van der Waals surface area contributed by atoms with Gasteiger partial charge in [0.15, 0.2) is 0 Å². The average molecular weight is 401 g/mol. The highest BCUT2D eigenvalue weighted by molar-refractivity contribution is 6.07. The van der Waals surface area contributed by atoms with E-state index in [1.165, 1.54) is 0 Å². The van der Waals surface area contributed by atoms with Crippen LogP contribution in [-0.2, 0) is 6.42 Å². The summed E-state index contributed by atoms with van der Waals surface area (Å²) in [6.07, 6.45) is 1.74. The van der Waals surface area contributed by atoms with E-state index in [4.69, 9.17) is 4.74 Å². The number of benzene rings is 3. The van der Waals surface area contributed by atoms with Gasteiger partial charge < -0.3 is 20.3 Å². The zero-order valence-corrected chi connectivity index (χ0v) is 16.7. The van der Waals surface area contributed by atoms with Crippen LogP contribution in [0.2, 0.25) is 0 Å². The van der Waals surface area contributed by atoms with Crippen LogP contribution in [0.5, 0.6) is 5.75 Å². The van der Waals surface area contributed by atoms with Gasteiger partial charge in [-0.1, -0.05) is 24.3 Å². The quantitative estimate of drug-likeness (QED) is 0.651. The molecule has 3 amide bonds. The number of aryl methyl sites for hydroxylation is 1. The number of carbonyl (C=O) groups is 2. The predicted octanol–water partition coefficient (Wildman–Crippen LogP) is 4.93. The molecule has 3 aromatic carbocycles. The van der Waals surface area contributed by atoms with Crippen LogP contribution in [0.25, 0.3) is 0 Å². The number of methoxy groups -OCH3 is 1. The van der Waals surface area contributed by atoms with Gasteiger partial charge in [0.05, 0.1) is 7.11 Å². The van der Waals surface area contributed by atoms with E-state index in [2.05, 4.69) is 10.6 Å². The molecular formula is C24H23N3O3. The number of hydrogen-bond donors (Lipinski definition) is 2. The largest absolute Gasteiger partial charge is 0.497 e. The van der Waals surface area contributed by atoms with Gasteiger partial charge in [-0.2, -0.15) is 0 Å². The lowest BCUT2D eigenvalue weighted by molar-refractivity contribution is 0.0985. The summed E-state index contributed by atoms with van der Waals surface area (Å²) < 4.78 is 5.17. The van der Waals surface area contributed by atoms with Crippen molar-refractivity contribution in [3.8, 4) is 5.75 Å². The second kappa shape index (κ2) is 8.69. The predicted molar refractivity (Wildman–Crippen MR) is 119 cm³/mol. The van der Waals surface area contributed by atoms with Crippen LogP contribution in [0.3, 0.4) is 0 Å². The first kappa shape index (κ1) is 19.5. The summed E-state index contributed by atoms with van der Waals surface area (Å²) >= 11 is 0. The molecule has 0 atom stereocenters. The number of hydrogen-bond acceptors (Lipinski definition) is 3. The molecule has 1 heterocycles. The number of ether oxygens (including phenoxy) is 1. The molecule has 0 unspecified atom stereocenters. The first-order valence-electron chi connectivity index (χ1n) is 9.86. The fourth-order valence-corrected chi connectivity index (χ4v) is 3.62. The maximum Gasteiger partial charge on any atom is 0.323 e. The third kappa shape index (κ3) is 4.27. The van der Waals surface area contributed by atoms with Crippen LogP contribution in [0.15, 0.2) is 72.8 Å². The van der Waals surface area contributed by atoms with Gasteiger partial charge in [-0.15, -0.1) is 0 Å². The Morgan fingerprint density at radius 2 is 1.67 bits per heavy atom. The number of carbonyl (C=O) groups excluding carboxylic acids is 2. The van der Waals surface area contributed by atoms with Crippen molar-refractivity contribution >= 4 is 29.0 Å². The number of urea groups is 1. The molecule has 4 rings (SSSR count). The van der Waals surface area contributed by atoms with E-state index >= 15 is 0 Å². The monoisotopic (exact) mass is 401 g/mol. The molecule has 3 aromatic rings. The van der Waals surface area contributed by atoms with E-state index in [9.17, 15) is 9.59 Å². The third-order valence-corrected chi connectivity index (χ3v) is 5.05. The van der Waals surface area contributed by atoms with Crippen LogP contribution in [0.4, 0.5) is 21.9 Å². The number of anilines is 3. The summed E-state index contributed by atoms with van der Waals surface area (Å²) in [4.78, 5) is 27.1. The molecular weight excluding hydrogens is 378 g/mol. The van der Waals surface area contributed by atoms with Gasteiger partial charge >= 0.3 is 6.03 Å². The summed E-state index contributed by atoms with van der Waals surface area (Å²) in [5, 5.41) is 5.66. The van der Waals surface area contributed by atoms with Gasteiger partial charge in [-0.3, -0.25) is 4.79 Å². The molecule has 0 aromatic heterocycles. The molecule has 1 aliphatic rings. The van der Waals surface area contributed by atoms with Gasteiger partial charge in [0.25, 0.3) is 5.91 Å². The van der Waals surface area contributed by atoms with Gasteiger partial charge in [0.1, 0.15) is 5.75 Å². The molecule has 0 saturated carbocycles. The molecule has 6 nitrogen and oxygen atoms in total. The summed E-state index contributed by atoms with van der Waals surface area (Å²) in [5.41, 5.74) is 3.94. The molecule has 0 saturated heterocycles. The topological polar surface area (TPSA) is 70.7 Å². The molecule has 6 heteroatoms. The van der Waals surface area contributed by atoms with Gasteiger partial charge in [0.2, 0.25) is 0 Å². The Balaban J connectivity index is 1.48. The van der Waals surface area contributed by atoms with Crippen molar-refractivity contribution in [2.75, 3.05) is 29.2 Å². The minimum atomic E-state index is -0.337. The van der Waals surface area contributed by atoms with Crippen molar-refractivity contribution < 1.29 is 14.3 Å². The highest BCUT2D eigenvalue weighted by Gasteiger charge is 2.23. The third-order valence-electron chi connectivity index (χ3n) is 5.05. The summed E-state index contributed by atoms with van der Waals surface area (Å²) in [5.74, 6) is 0.665. The van der Waals surface area contributed by atoms with E-state index in [0.717, 1.165) is 24.1 Å². The fraction of sp³-hybridized carbons (Fsp3) is 0.167. The lowest BCUT2D eigenvalue weighted by Crippen LogP contribution is -2.35. The van der Waals surface area contributed by atoms with Crippen molar-refractivity contribution in [1.29, 1.82) is 0 Å². The van der Waals surface area contributed by atoms with E-state index in [1.54, 1.807) is 19.2 Å². The zero-order valence-electron chi connectivity index (χ0n) is 16.7. The summed E-state index contributed by atoms with van der Waals surface area (Å²) in [6.45, 7) is 0.684. The number of fused-ring (bicyclic) bond motifs is 1. The summed E-state index contributed by atoms with van der Waals surface area (Å²) in [7, 11) is 1.58. The highest BCUT2D eigenvalue weighted by Crippen LogP contribution is 2.31. The van der Waals surface area contributed by atoms with Gasteiger partial charge in [0, 0.05) is 35.2 Å². The van der Waals surface area contributed by atoms with Crippen LogP contribution >= 0.6 is 0 Å². The second-order valence-electron chi connectivity index (χ2n) is 7.08. The van der Waals surface area contributed by atoms with E-state index in [-0.39, 0.29) is 11.9 Å². The van der Waals surface area contributed by atoms with E-state index in [0.29, 0.717) is 29.2 Å². The first-order valence-corrected chi connectivity index (χ1v) is 9.86. The Hall–Kier alpha value is -3.80. The van der Waals surface area contributed by atoms with Crippen LogP contribution < -0.4 is 20.3 Å². The van der Waals surface area contributed by atoms with Crippen molar-refractivity contribution in [3.63, 3.8) is 0 Å². The van der Waals surface area contributed by atoms with Crippen molar-refractivity contribution in [2.24, 2.45) is 0 Å². The Morgan fingerprint density at radius 3 is 2.43 bits per heavy atom. The van der Waals surface area contributed by atoms with Crippen molar-refractivity contribution in [1.82, 2.24) is 0 Å². The van der Waals surface area contributed by atoms with Crippen molar-refractivity contribution in [2.45, 2.75) is 12.8 Å². The number of nitrogens with one attached hydrogen (secondary N) is 2. The lowest BCUT2D eigenvalue weighted by atomic mass is 10.00. The fourth-order valence-electron chi connectivity index (χ4n) is 3.62. The van der Waals surface area contributed by atoms with Gasteiger partial charge in [-0.05, 0) is 60.9 Å². The molecule has 0 radical (unpaired) electrons.